The van der Waals surface area contributed by atoms with Crippen LogP contribution < -0.4 is 72.2 Å². The minimum atomic E-state index is -0.371. The summed E-state index contributed by atoms with van der Waals surface area (Å²) in [4.78, 5) is 26.5. The van der Waals surface area contributed by atoms with Crippen molar-refractivity contribution in [1.82, 2.24) is 0 Å². The van der Waals surface area contributed by atoms with E-state index < -0.39 is 0 Å². The molecule has 70 heavy (non-hydrogen) atoms. The molecule has 4 aromatic carbocycles. The van der Waals surface area contributed by atoms with Crippen molar-refractivity contribution in [3.8, 4) is 57.5 Å². The third kappa shape index (κ3) is 12.2. The van der Waals surface area contributed by atoms with Gasteiger partial charge in [-0.3, -0.25) is 9.59 Å². The van der Waals surface area contributed by atoms with Crippen LogP contribution in [0.2, 0.25) is 0 Å². The van der Waals surface area contributed by atoms with Crippen LogP contribution in [0, 0.1) is 0 Å². The van der Waals surface area contributed by atoms with Crippen LogP contribution in [-0.4, -0.2) is 139 Å². The second-order valence-corrected chi connectivity index (χ2v) is 18.0. The highest BCUT2D eigenvalue weighted by molar-refractivity contribution is 5.82. The molecule has 0 radical (unpaired) electrons. The molecule has 2 heterocycles. The van der Waals surface area contributed by atoms with Crippen LogP contribution in [0.25, 0.3) is 0 Å². The summed E-state index contributed by atoms with van der Waals surface area (Å²) in [6.45, 7) is 3.37. The highest BCUT2D eigenvalue weighted by Gasteiger charge is 2.44. The van der Waals surface area contributed by atoms with Gasteiger partial charge in [0.05, 0.1) is 130 Å². The maximum absolute atomic E-state index is 13.4. The Hall–Kier alpha value is -5.48. The summed E-state index contributed by atoms with van der Waals surface area (Å²) in [5.74, 6) is 5.79. The lowest BCUT2D eigenvalue weighted by molar-refractivity contribution is -0.941. The molecule has 4 atom stereocenters. The molecule has 0 amide bonds. The Balaban J connectivity index is 0.00000533. The average Bonchev–Trinajstić information content (AvgIpc) is 3.36. The average molecular weight is 1020 g/mol. The van der Waals surface area contributed by atoms with Crippen LogP contribution >= 0.6 is 0 Å². The summed E-state index contributed by atoms with van der Waals surface area (Å²) < 4.78 is 64.6. The second-order valence-electron chi connectivity index (χ2n) is 18.0. The highest BCUT2D eigenvalue weighted by atomic mass is 35.5. The number of carbonyl (C=O) groups is 2. The fourth-order valence-electron chi connectivity index (χ4n) is 10.4. The number of likely N-dealkylation sites (N-methyl/N-ethyl adjacent to an activating group) is 2. The van der Waals surface area contributed by atoms with Gasteiger partial charge in [-0.25, -0.2) is 0 Å². The Kier molecular flexibility index (Phi) is 20.9. The summed E-state index contributed by atoms with van der Waals surface area (Å²) in [6, 6.07) is 16.0. The molecule has 15 nitrogen and oxygen atoms in total. The summed E-state index contributed by atoms with van der Waals surface area (Å²) in [5.41, 5.74) is 6.56. The SMILES string of the molecule is COc1ccc(CC2c3c(cc(OC)c(OC)c3OC)CC[N+]2(C)CCCOC(=O)CCC(=O)CCC[N+]2(C)CCc3cc(OC)c(OC)cc3C2c2cc(OC)c(OC)c(OC)c2)cc1OC.[Cl-].[Cl-]. The van der Waals surface area contributed by atoms with Crippen molar-refractivity contribution in [2.24, 2.45) is 0 Å². The lowest BCUT2D eigenvalue weighted by atomic mass is 9.85. The van der Waals surface area contributed by atoms with E-state index in [0.717, 1.165) is 60.3 Å². The number of carbonyl (C=O) groups excluding carboxylic acids is 2. The molecule has 2 aliphatic rings. The van der Waals surface area contributed by atoms with Gasteiger partial charge in [0.15, 0.2) is 46.0 Å². The minimum Gasteiger partial charge on any atom is -1.00 e. The first-order valence-electron chi connectivity index (χ1n) is 23.2. The molecule has 0 saturated carbocycles. The summed E-state index contributed by atoms with van der Waals surface area (Å²) in [7, 11) is 20.8. The van der Waals surface area contributed by atoms with Gasteiger partial charge in [-0.2, -0.15) is 0 Å². The number of Topliss-reactive ketones (excluding diaryl/α,β-unsaturated/α-hetero) is 1. The molecular formula is C53H72Cl2N2O13. The first-order valence-corrected chi connectivity index (χ1v) is 23.2. The van der Waals surface area contributed by atoms with E-state index in [1.807, 2.05) is 24.3 Å². The lowest BCUT2D eigenvalue weighted by Crippen LogP contribution is -3.00. The molecule has 2 aliphatic heterocycles. The largest absolute Gasteiger partial charge is 1.00 e. The van der Waals surface area contributed by atoms with Crippen molar-refractivity contribution in [2.75, 3.05) is 118 Å². The molecule has 0 bridgehead atoms. The molecule has 4 unspecified atom stereocenters. The van der Waals surface area contributed by atoms with Gasteiger partial charge in [-0.1, -0.05) is 6.07 Å². The first-order chi connectivity index (χ1) is 32.8. The Labute approximate surface area is 426 Å². The van der Waals surface area contributed by atoms with Crippen LogP contribution in [0.15, 0.2) is 48.5 Å². The zero-order chi connectivity index (χ0) is 49.2. The summed E-state index contributed by atoms with van der Waals surface area (Å²) in [5, 5.41) is 0. The van der Waals surface area contributed by atoms with Gasteiger partial charge in [0.1, 0.15) is 17.9 Å². The van der Waals surface area contributed by atoms with Crippen molar-refractivity contribution < 1.29 is 95.5 Å². The van der Waals surface area contributed by atoms with Crippen molar-refractivity contribution in [3.63, 3.8) is 0 Å². The van der Waals surface area contributed by atoms with Crippen molar-refractivity contribution >= 4 is 11.8 Å². The van der Waals surface area contributed by atoms with Crippen LogP contribution in [0.3, 0.4) is 0 Å². The molecule has 0 spiro atoms. The number of halogens is 2. The van der Waals surface area contributed by atoms with E-state index in [1.54, 1.807) is 71.1 Å². The number of esters is 1. The lowest BCUT2D eigenvalue weighted by Gasteiger charge is -2.46. The number of benzene rings is 4. The zero-order valence-corrected chi connectivity index (χ0v) is 44.4. The number of nitrogens with zero attached hydrogens (tertiary/aromatic N) is 2. The van der Waals surface area contributed by atoms with Gasteiger partial charge in [0, 0.05) is 56.1 Å². The van der Waals surface area contributed by atoms with Crippen molar-refractivity contribution in [3.05, 3.63) is 81.9 Å². The number of ketones is 1. The number of ether oxygens (including phenoxy) is 11. The van der Waals surface area contributed by atoms with E-state index in [9.17, 15) is 9.59 Å². The fraction of sp³-hybridized carbons (Fsp3) is 0.509. The van der Waals surface area contributed by atoms with Gasteiger partial charge in [-0.15, -0.1) is 0 Å². The number of hydrogen-bond donors (Lipinski definition) is 0. The van der Waals surface area contributed by atoms with Gasteiger partial charge in [0.25, 0.3) is 0 Å². The summed E-state index contributed by atoms with van der Waals surface area (Å²) in [6.07, 6.45) is 4.08. The standard InChI is InChI=1S/C53H72N2O13.2ClH/c1-54(24-21-36-30-47(64-9)52(66-11)53(67-12)49(36)40(54)27-34-16-18-41(58-3)42(28-34)59-4)23-14-26-68-48(57)19-17-38(56)15-13-22-55(2)25-20-35-29-43(60-5)44(61-6)33-39(35)50(55)37-31-45(62-7)51(65-10)46(32-37)63-8;;/h16,18,28-33,40,50H,13-15,17,19-27H2,1-12H3;2*1H/q+2;;/p-2. The maximum Gasteiger partial charge on any atom is 0.306 e. The molecule has 0 aliphatic carbocycles. The van der Waals surface area contributed by atoms with Crippen LogP contribution in [0.4, 0.5) is 0 Å². The Morgan fingerprint density at radius 3 is 1.66 bits per heavy atom. The van der Waals surface area contributed by atoms with Gasteiger partial charge < -0.3 is 85.9 Å². The number of quaternary nitrogens is 2. The monoisotopic (exact) mass is 1010 g/mol. The van der Waals surface area contributed by atoms with Crippen molar-refractivity contribution in [2.45, 2.75) is 63.5 Å². The van der Waals surface area contributed by atoms with E-state index in [-0.39, 0.29) is 68.1 Å². The van der Waals surface area contributed by atoms with E-state index in [1.165, 1.54) is 5.56 Å². The smallest absolute Gasteiger partial charge is 0.306 e. The highest BCUT2D eigenvalue weighted by Crippen LogP contribution is 2.51. The van der Waals surface area contributed by atoms with Crippen LogP contribution in [0.5, 0.6) is 57.5 Å². The maximum atomic E-state index is 13.4. The minimum absolute atomic E-state index is 0. The molecule has 6 rings (SSSR count). The molecule has 17 heteroatoms. The van der Waals surface area contributed by atoms with E-state index >= 15 is 0 Å². The summed E-state index contributed by atoms with van der Waals surface area (Å²) >= 11 is 0. The third-order valence-electron chi connectivity index (χ3n) is 14.1. The third-order valence-corrected chi connectivity index (χ3v) is 14.1. The number of rotatable bonds is 24. The molecule has 386 valence electrons. The predicted molar refractivity (Wildman–Crippen MR) is 258 cm³/mol. The van der Waals surface area contributed by atoms with Crippen LogP contribution in [-0.2, 0) is 33.6 Å². The first kappa shape index (κ1) is 57.1. The normalized spacial score (nSPS) is 18.9. The predicted octanol–water partition coefficient (Wildman–Crippen LogP) is 1.92. The van der Waals surface area contributed by atoms with Crippen molar-refractivity contribution in [1.29, 1.82) is 0 Å². The Morgan fingerprint density at radius 2 is 1.06 bits per heavy atom. The van der Waals surface area contributed by atoms with Gasteiger partial charge in [-0.05, 0) is 59.2 Å². The van der Waals surface area contributed by atoms with E-state index in [4.69, 9.17) is 52.1 Å². The molecular weight excluding hydrogens is 943 g/mol. The Bertz CT molecular complexity index is 2390. The van der Waals surface area contributed by atoms with Gasteiger partial charge in [0.2, 0.25) is 11.5 Å². The number of hydrogen-bond acceptors (Lipinski definition) is 13. The molecule has 0 fully saturated rings. The van der Waals surface area contributed by atoms with E-state index in [0.29, 0.717) is 98.7 Å². The Morgan fingerprint density at radius 1 is 0.529 bits per heavy atom. The van der Waals surface area contributed by atoms with Gasteiger partial charge >= 0.3 is 5.97 Å². The quantitative estimate of drug-likeness (QED) is 0.0576. The molecule has 0 N–H and O–H groups in total. The topological polar surface area (TPSA) is 136 Å². The molecule has 0 aromatic heterocycles. The molecule has 0 saturated heterocycles. The zero-order valence-electron chi connectivity index (χ0n) is 42.9. The second kappa shape index (κ2) is 25.6. The van der Waals surface area contributed by atoms with Crippen LogP contribution in [0.1, 0.15) is 77.6 Å². The molecule has 4 aromatic rings. The van der Waals surface area contributed by atoms with E-state index in [2.05, 4.69) is 38.4 Å². The number of methoxy groups -OCH3 is 10. The fourth-order valence-corrected chi connectivity index (χ4v) is 10.4. The number of fused-ring (bicyclic) bond motifs is 2.